The average molecular weight is 278 g/mol. The molecule has 2 atom stereocenters. The molecule has 0 bridgehead atoms. The fourth-order valence-electron chi connectivity index (χ4n) is 1.99. The molecule has 0 radical (unpaired) electrons. The molecule has 0 saturated carbocycles. The van der Waals surface area contributed by atoms with Gasteiger partial charge in [-0.15, -0.1) is 0 Å². The molecule has 1 rings (SSSR count). The number of ether oxygens (including phenoxy) is 1. The number of rotatable bonds is 7. The molecule has 2 unspecified atom stereocenters. The second-order valence-corrected chi connectivity index (χ2v) is 7.79. The molecule has 1 N–H and O–H groups in total. The molecule has 108 valence electrons. The molecule has 1 heterocycles. The zero-order valence-corrected chi connectivity index (χ0v) is 12.7. The van der Waals surface area contributed by atoms with Gasteiger partial charge in [-0.25, -0.2) is 12.7 Å². The van der Waals surface area contributed by atoms with E-state index in [1.807, 2.05) is 13.8 Å². The first-order valence-electron chi connectivity index (χ1n) is 6.64. The van der Waals surface area contributed by atoms with Gasteiger partial charge in [-0.2, -0.15) is 0 Å². The first kappa shape index (κ1) is 15.9. The Balaban J connectivity index is 2.49. The fourth-order valence-corrected chi connectivity index (χ4v) is 3.29. The second kappa shape index (κ2) is 6.84. The maximum Gasteiger partial charge on any atom is 0.217 e. The monoisotopic (exact) mass is 278 g/mol. The predicted molar refractivity (Wildman–Crippen MR) is 73.1 cm³/mol. The molecule has 1 fully saturated rings. The summed E-state index contributed by atoms with van der Waals surface area (Å²) in [5, 5.41) is 2.75. The molecule has 1 aliphatic rings. The van der Waals surface area contributed by atoms with Crippen molar-refractivity contribution in [3.05, 3.63) is 0 Å². The van der Waals surface area contributed by atoms with Gasteiger partial charge in [0.05, 0.1) is 11.4 Å². The molecular weight excluding hydrogens is 252 g/mol. The van der Waals surface area contributed by atoms with Crippen LogP contribution in [0.5, 0.6) is 0 Å². The first-order valence-corrected chi connectivity index (χ1v) is 8.14. The minimum atomic E-state index is -3.23. The standard InChI is InChI=1S/C12H26N2O3S/c1-10(2)13-8-11(3)18(15,16)14(4)9-12-6-5-7-17-12/h10-13H,5-9H2,1-4H3. The maximum absolute atomic E-state index is 12.3. The van der Waals surface area contributed by atoms with Crippen LogP contribution in [0.4, 0.5) is 0 Å². The summed E-state index contributed by atoms with van der Waals surface area (Å²) < 4.78 is 31.4. The smallest absolute Gasteiger partial charge is 0.217 e. The summed E-state index contributed by atoms with van der Waals surface area (Å²) in [5.74, 6) is 0. The van der Waals surface area contributed by atoms with Crippen molar-refractivity contribution in [2.75, 3.05) is 26.7 Å². The highest BCUT2D eigenvalue weighted by atomic mass is 32.2. The molecule has 18 heavy (non-hydrogen) atoms. The van der Waals surface area contributed by atoms with Gasteiger partial charge >= 0.3 is 0 Å². The molecule has 1 saturated heterocycles. The van der Waals surface area contributed by atoms with Gasteiger partial charge in [0, 0.05) is 32.8 Å². The first-order chi connectivity index (χ1) is 8.34. The van der Waals surface area contributed by atoms with E-state index in [-0.39, 0.29) is 6.10 Å². The van der Waals surface area contributed by atoms with E-state index < -0.39 is 15.3 Å². The second-order valence-electron chi connectivity index (χ2n) is 5.33. The summed E-state index contributed by atoms with van der Waals surface area (Å²) in [6.45, 7) is 7.47. The van der Waals surface area contributed by atoms with Crippen LogP contribution >= 0.6 is 0 Å². The fraction of sp³-hybridized carbons (Fsp3) is 1.00. The van der Waals surface area contributed by atoms with E-state index in [2.05, 4.69) is 5.32 Å². The van der Waals surface area contributed by atoms with Crippen LogP contribution in [-0.2, 0) is 14.8 Å². The minimum Gasteiger partial charge on any atom is -0.377 e. The van der Waals surface area contributed by atoms with Crippen molar-refractivity contribution in [3.8, 4) is 0 Å². The van der Waals surface area contributed by atoms with Gasteiger partial charge in [0.25, 0.3) is 0 Å². The van der Waals surface area contributed by atoms with Crippen molar-refractivity contribution in [2.45, 2.75) is 51.0 Å². The quantitative estimate of drug-likeness (QED) is 0.749. The molecule has 0 aromatic carbocycles. The number of nitrogens with one attached hydrogen (secondary N) is 1. The Morgan fingerprint density at radius 1 is 1.39 bits per heavy atom. The van der Waals surface area contributed by atoms with Crippen LogP contribution in [0.2, 0.25) is 0 Å². The number of likely N-dealkylation sites (N-methyl/N-ethyl adjacent to an activating group) is 1. The molecular formula is C12H26N2O3S. The summed E-state index contributed by atoms with van der Waals surface area (Å²) in [7, 11) is -1.59. The molecule has 0 amide bonds. The summed E-state index contributed by atoms with van der Waals surface area (Å²) in [6, 6.07) is 0.297. The number of sulfonamides is 1. The predicted octanol–water partition coefficient (Wildman–Crippen LogP) is 0.814. The topological polar surface area (TPSA) is 58.6 Å². The highest BCUT2D eigenvalue weighted by molar-refractivity contribution is 7.89. The number of hydrogen-bond acceptors (Lipinski definition) is 4. The van der Waals surface area contributed by atoms with E-state index in [4.69, 9.17) is 4.74 Å². The van der Waals surface area contributed by atoms with E-state index in [1.165, 1.54) is 4.31 Å². The van der Waals surface area contributed by atoms with Gasteiger partial charge in [-0.05, 0) is 19.8 Å². The van der Waals surface area contributed by atoms with Crippen LogP contribution in [-0.4, -0.2) is 56.9 Å². The Labute approximate surface area is 111 Å². The summed E-state index contributed by atoms with van der Waals surface area (Å²) >= 11 is 0. The van der Waals surface area contributed by atoms with E-state index in [0.29, 0.717) is 19.1 Å². The van der Waals surface area contributed by atoms with Gasteiger partial charge in [-0.3, -0.25) is 0 Å². The Hall–Kier alpha value is -0.170. The molecule has 0 spiro atoms. The Morgan fingerprint density at radius 2 is 2.06 bits per heavy atom. The minimum absolute atomic E-state index is 0.0648. The largest absolute Gasteiger partial charge is 0.377 e. The van der Waals surface area contributed by atoms with Crippen LogP contribution in [0.1, 0.15) is 33.6 Å². The van der Waals surface area contributed by atoms with Crippen molar-refractivity contribution in [2.24, 2.45) is 0 Å². The lowest BCUT2D eigenvalue weighted by molar-refractivity contribution is 0.0977. The lowest BCUT2D eigenvalue weighted by Crippen LogP contribution is -2.43. The van der Waals surface area contributed by atoms with Crippen LogP contribution in [0.15, 0.2) is 0 Å². The van der Waals surface area contributed by atoms with E-state index >= 15 is 0 Å². The van der Waals surface area contributed by atoms with Crippen molar-refractivity contribution < 1.29 is 13.2 Å². The van der Waals surface area contributed by atoms with Crippen molar-refractivity contribution in [1.82, 2.24) is 9.62 Å². The summed E-state index contributed by atoms with van der Waals surface area (Å²) in [4.78, 5) is 0. The van der Waals surface area contributed by atoms with Gasteiger partial charge in [-0.1, -0.05) is 13.8 Å². The van der Waals surface area contributed by atoms with Crippen LogP contribution in [0.3, 0.4) is 0 Å². The normalized spacial score (nSPS) is 22.9. The molecule has 5 nitrogen and oxygen atoms in total. The lowest BCUT2D eigenvalue weighted by Gasteiger charge is -2.25. The molecule has 0 aromatic heterocycles. The number of nitrogens with zero attached hydrogens (tertiary/aromatic N) is 1. The highest BCUT2D eigenvalue weighted by Gasteiger charge is 2.29. The SMILES string of the molecule is CC(C)NCC(C)S(=O)(=O)N(C)CC1CCCO1. The zero-order chi connectivity index (χ0) is 13.8. The van der Waals surface area contributed by atoms with Gasteiger partial charge in [0.15, 0.2) is 0 Å². The number of hydrogen-bond donors (Lipinski definition) is 1. The maximum atomic E-state index is 12.3. The highest BCUT2D eigenvalue weighted by Crippen LogP contribution is 2.15. The van der Waals surface area contributed by atoms with E-state index in [0.717, 1.165) is 19.4 Å². The van der Waals surface area contributed by atoms with E-state index in [9.17, 15) is 8.42 Å². The summed E-state index contributed by atoms with van der Waals surface area (Å²) in [6.07, 6.45) is 2.05. The molecule has 0 aromatic rings. The van der Waals surface area contributed by atoms with Gasteiger partial charge in [0.1, 0.15) is 0 Å². The third-order valence-electron chi connectivity index (χ3n) is 3.24. The third kappa shape index (κ3) is 4.50. The molecule has 0 aliphatic carbocycles. The van der Waals surface area contributed by atoms with Crippen LogP contribution in [0, 0.1) is 0 Å². The summed E-state index contributed by atoms with van der Waals surface area (Å²) in [5.41, 5.74) is 0. The van der Waals surface area contributed by atoms with Gasteiger partial charge in [0.2, 0.25) is 10.0 Å². The zero-order valence-electron chi connectivity index (χ0n) is 11.8. The third-order valence-corrected chi connectivity index (χ3v) is 5.44. The Morgan fingerprint density at radius 3 is 2.56 bits per heavy atom. The molecule has 6 heteroatoms. The van der Waals surface area contributed by atoms with Crippen molar-refractivity contribution in [3.63, 3.8) is 0 Å². The Bertz CT molecular complexity index is 337. The molecule has 1 aliphatic heterocycles. The van der Waals surface area contributed by atoms with Crippen LogP contribution < -0.4 is 5.32 Å². The van der Waals surface area contributed by atoms with Crippen LogP contribution in [0.25, 0.3) is 0 Å². The average Bonchev–Trinajstić information content (AvgIpc) is 2.78. The van der Waals surface area contributed by atoms with Crippen molar-refractivity contribution in [1.29, 1.82) is 0 Å². The van der Waals surface area contributed by atoms with Crippen molar-refractivity contribution >= 4 is 10.0 Å². The lowest BCUT2D eigenvalue weighted by atomic mass is 10.2. The van der Waals surface area contributed by atoms with Gasteiger partial charge < -0.3 is 10.1 Å². The Kier molecular flexibility index (Phi) is 6.04. The van der Waals surface area contributed by atoms with E-state index in [1.54, 1.807) is 14.0 Å².